The molecule has 5 nitrogen and oxygen atoms in total. The zero-order valence-corrected chi connectivity index (χ0v) is 8.71. The SMILES string of the molecule is CCn1nc(COC)c(C(=O)O)c1Cl. The molecule has 14 heavy (non-hydrogen) atoms. The van der Waals surface area contributed by atoms with Crippen molar-refractivity contribution in [3.63, 3.8) is 0 Å². The number of nitrogens with zero attached hydrogens (tertiary/aromatic N) is 2. The molecule has 0 unspecified atom stereocenters. The van der Waals surface area contributed by atoms with Gasteiger partial charge >= 0.3 is 5.97 Å². The Morgan fingerprint density at radius 2 is 2.36 bits per heavy atom. The van der Waals surface area contributed by atoms with Crippen LogP contribution >= 0.6 is 11.6 Å². The highest BCUT2D eigenvalue weighted by atomic mass is 35.5. The van der Waals surface area contributed by atoms with Crippen molar-refractivity contribution in [3.05, 3.63) is 16.4 Å². The number of aromatic nitrogens is 2. The number of aryl methyl sites for hydroxylation is 1. The molecule has 0 aliphatic rings. The topological polar surface area (TPSA) is 64.4 Å². The quantitative estimate of drug-likeness (QED) is 0.830. The summed E-state index contributed by atoms with van der Waals surface area (Å²) in [6.45, 7) is 2.51. The van der Waals surface area contributed by atoms with Gasteiger partial charge in [-0.1, -0.05) is 11.6 Å². The molecule has 0 amide bonds. The van der Waals surface area contributed by atoms with Crippen molar-refractivity contribution in [1.82, 2.24) is 9.78 Å². The minimum Gasteiger partial charge on any atom is -0.478 e. The highest BCUT2D eigenvalue weighted by Crippen LogP contribution is 2.20. The van der Waals surface area contributed by atoms with Gasteiger partial charge in [0.15, 0.2) is 0 Å². The van der Waals surface area contributed by atoms with Gasteiger partial charge in [-0.05, 0) is 6.92 Å². The molecule has 1 rings (SSSR count). The largest absolute Gasteiger partial charge is 0.478 e. The van der Waals surface area contributed by atoms with E-state index in [1.54, 1.807) is 0 Å². The van der Waals surface area contributed by atoms with Gasteiger partial charge in [-0.25, -0.2) is 4.79 Å². The Morgan fingerprint density at radius 3 is 2.79 bits per heavy atom. The summed E-state index contributed by atoms with van der Waals surface area (Å²) in [6.07, 6.45) is 0. The molecule has 0 atom stereocenters. The monoisotopic (exact) mass is 218 g/mol. The summed E-state index contributed by atoms with van der Waals surface area (Å²) in [5, 5.41) is 13.1. The van der Waals surface area contributed by atoms with E-state index < -0.39 is 5.97 Å². The molecule has 6 heteroatoms. The predicted octanol–water partition coefficient (Wildman–Crippen LogP) is 1.40. The number of aromatic carboxylic acids is 1. The molecule has 0 aromatic carbocycles. The molecule has 78 valence electrons. The summed E-state index contributed by atoms with van der Waals surface area (Å²) in [6, 6.07) is 0. The zero-order chi connectivity index (χ0) is 10.7. The van der Waals surface area contributed by atoms with Gasteiger partial charge in [0.2, 0.25) is 0 Å². The van der Waals surface area contributed by atoms with Gasteiger partial charge in [0.25, 0.3) is 0 Å². The Hall–Kier alpha value is -1.07. The first-order valence-corrected chi connectivity index (χ1v) is 4.47. The summed E-state index contributed by atoms with van der Waals surface area (Å²) < 4.78 is 6.26. The summed E-state index contributed by atoms with van der Waals surface area (Å²) in [7, 11) is 1.48. The molecular formula is C8H11ClN2O3. The number of rotatable bonds is 4. The third kappa shape index (κ3) is 1.88. The summed E-state index contributed by atoms with van der Waals surface area (Å²) in [4.78, 5) is 10.9. The molecule has 0 spiro atoms. The van der Waals surface area contributed by atoms with Gasteiger partial charge < -0.3 is 9.84 Å². The molecule has 0 fully saturated rings. The smallest absolute Gasteiger partial charge is 0.340 e. The van der Waals surface area contributed by atoms with Gasteiger partial charge in [0.1, 0.15) is 16.4 Å². The van der Waals surface area contributed by atoms with E-state index in [0.29, 0.717) is 12.2 Å². The first kappa shape index (κ1) is 11.0. The van der Waals surface area contributed by atoms with E-state index in [1.165, 1.54) is 11.8 Å². The number of carbonyl (C=O) groups is 1. The second kappa shape index (κ2) is 4.43. The van der Waals surface area contributed by atoms with Gasteiger partial charge in [-0.2, -0.15) is 5.10 Å². The number of hydrogen-bond acceptors (Lipinski definition) is 3. The second-order valence-corrected chi connectivity index (χ2v) is 3.02. The van der Waals surface area contributed by atoms with E-state index in [4.69, 9.17) is 21.4 Å². The number of carboxylic acids is 1. The molecule has 1 aromatic rings. The van der Waals surface area contributed by atoms with E-state index in [1.807, 2.05) is 6.92 Å². The molecular weight excluding hydrogens is 208 g/mol. The van der Waals surface area contributed by atoms with E-state index in [2.05, 4.69) is 5.10 Å². The van der Waals surface area contributed by atoms with Crippen LogP contribution in [0.1, 0.15) is 23.0 Å². The number of ether oxygens (including phenoxy) is 1. The van der Waals surface area contributed by atoms with Crippen molar-refractivity contribution in [1.29, 1.82) is 0 Å². The molecule has 0 aliphatic heterocycles. The molecule has 0 saturated heterocycles. The molecule has 1 aromatic heterocycles. The number of halogens is 1. The standard InChI is InChI=1S/C8H11ClN2O3/c1-3-11-7(9)6(8(12)13)5(10-11)4-14-2/h3-4H2,1-2H3,(H,12,13). The minimum absolute atomic E-state index is 0.0235. The van der Waals surface area contributed by atoms with E-state index in [0.717, 1.165) is 0 Å². The predicted molar refractivity (Wildman–Crippen MR) is 50.6 cm³/mol. The van der Waals surface area contributed by atoms with Crippen molar-refractivity contribution in [2.75, 3.05) is 7.11 Å². The highest BCUT2D eigenvalue weighted by molar-refractivity contribution is 6.32. The molecule has 1 N–H and O–H groups in total. The molecule has 1 heterocycles. The average molecular weight is 219 g/mol. The average Bonchev–Trinajstić information content (AvgIpc) is 2.43. The first-order chi connectivity index (χ1) is 6.61. The maximum Gasteiger partial charge on any atom is 0.340 e. The van der Waals surface area contributed by atoms with Crippen LogP contribution in [-0.4, -0.2) is 28.0 Å². The van der Waals surface area contributed by atoms with E-state index in [9.17, 15) is 4.79 Å². The lowest BCUT2D eigenvalue weighted by atomic mass is 10.2. The summed E-state index contributed by atoms with van der Waals surface area (Å²) in [5.41, 5.74) is 0.377. The molecule has 0 saturated carbocycles. The maximum atomic E-state index is 10.9. The zero-order valence-electron chi connectivity index (χ0n) is 7.95. The Labute approximate surface area is 86.2 Å². The summed E-state index contributed by atoms with van der Waals surface area (Å²) >= 11 is 5.82. The van der Waals surface area contributed by atoms with Crippen molar-refractivity contribution in [2.45, 2.75) is 20.1 Å². The third-order valence-electron chi connectivity index (χ3n) is 1.76. The Kier molecular flexibility index (Phi) is 3.49. The van der Waals surface area contributed by atoms with Crippen LogP contribution in [0.2, 0.25) is 5.15 Å². The lowest BCUT2D eigenvalue weighted by molar-refractivity contribution is 0.0692. The van der Waals surface area contributed by atoms with Crippen LogP contribution < -0.4 is 0 Å². The van der Waals surface area contributed by atoms with Crippen LogP contribution in [0, 0.1) is 0 Å². The number of methoxy groups -OCH3 is 1. The first-order valence-electron chi connectivity index (χ1n) is 4.09. The molecule has 0 bridgehead atoms. The fourth-order valence-corrected chi connectivity index (χ4v) is 1.49. The Morgan fingerprint density at radius 1 is 1.71 bits per heavy atom. The van der Waals surface area contributed by atoms with Crippen LogP contribution in [0.5, 0.6) is 0 Å². The third-order valence-corrected chi connectivity index (χ3v) is 2.14. The highest BCUT2D eigenvalue weighted by Gasteiger charge is 2.21. The van der Waals surface area contributed by atoms with Crippen LogP contribution in [0.3, 0.4) is 0 Å². The van der Waals surface area contributed by atoms with Crippen molar-refractivity contribution >= 4 is 17.6 Å². The number of carboxylic acid groups (broad SMARTS) is 1. The van der Waals surface area contributed by atoms with Gasteiger partial charge in [-0.15, -0.1) is 0 Å². The fourth-order valence-electron chi connectivity index (χ4n) is 1.15. The van der Waals surface area contributed by atoms with Gasteiger partial charge in [0.05, 0.1) is 6.61 Å². The van der Waals surface area contributed by atoms with Gasteiger partial charge in [-0.3, -0.25) is 4.68 Å². The van der Waals surface area contributed by atoms with Crippen LogP contribution in [0.15, 0.2) is 0 Å². The van der Waals surface area contributed by atoms with Gasteiger partial charge in [0, 0.05) is 13.7 Å². The number of hydrogen-bond donors (Lipinski definition) is 1. The van der Waals surface area contributed by atoms with Crippen molar-refractivity contribution in [3.8, 4) is 0 Å². The van der Waals surface area contributed by atoms with Crippen LogP contribution in [0.25, 0.3) is 0 Å². The second-order valence-electron chi connectivity index (χ2n) is 2.67. The lowest BCUT2D eigenvalue weighted by Gasteiger charge is -1.95. The van der Waals surface area contributed by atoms with E-state index >= 15 is 0 Å². The lowest BCUT2D eigenvalue weighted by Crippen LogP contribution is -2.01. The minimum atomic E-state index is -1.08. The molecule has 0 aliphatic carbocycles. The van der Waals surface area contributed by atoms with Crippen molar-refractivity contribution in [2.24, 2.45) is 0 Å². The maximum absolute atomic E-state index is 10.9. The Balaban J connectivity index is 3.20. The van der Waals surface area contributed by atoms with Crippen LogP contribution in [0.4, 0.5) is 0 Å². The van der Waals surface area contributed by atoms with Crippen molar-refractivity contribution < 1.29 is 14.6 Å². The normalized spacial score (nSPS) is 10.5. The summed E-state index contributed by atoms with van der Waals surface area (Å²) in [5.74, 6) is -1.08. The fraction of sp³-hybridized carbons (Fsp3) is 0.500. The van der Waals surface area contributed by atoms with Crippen LogP contribution in [-0.2, 0) is 17.9 Å². The Bertz CT molecular complexity index is 349. The van der Waals surface area contributed by atoms with E-state index in [-0.39, 0.29) is 17.3 Å². The molecule has 0 radical (unpaired) electrons.